The lowest BCUT2D eigenvalue weighted by atomic mass is 9.83. The van der Waals surface area contributed by atoms with Crippen LogP contribution in [0.5, 0.6) is 0 Å². The van der Waals surface area contributed by atoms with Crippen molar-refractivity contribution in [3.8, 4) is 0 Å². The minimum Gasteiger partial charge on any atom is -0.376 e. The van der Waals surface area contributed by atoms with E-state index in [0.717, 1.165) is 32.3 Å². The first-order valence-electron chi connectivity index (χ1n) is 6.89. The zero-order valence-electron chi connectivity index (χ0n) is 10.5. The molecule has 2 rings (SSSR count). The summed E-state index contributed by atoms with van der Waals surface area (Å²) < 4.78 is 5.48. The summed E-state index contributed by atoms with van der Waals surface area (Å²) in [5.41, 5.74) is 6.04. The molecule has 0 aromatic rings. The minimum atomic E-state index is 0.142. The Hall–Kier alpha value is -0.610. The number of carbonyl (C=O) groups excluding carboxylic acids is 1. The van der Waals surface area contributed by atoms with Crippen molar-refractivity contribution in [1.29, 1.82) is 0 Å². The first kappa shape index (κ1) is 12.8. The van der Waals surface area contributed by atoms with Gasteiger partial charge in [0.1, 0.15) is 0 Å². The molecular formula is C13H24N2O2. The van der Waals surface area contributed by atoms with Gasteiger partial charge >= 0.3 is 0 Å². The molecule has 2 fully saturated rings. The van der Waals surface area contributed by atoms with Gasteiger partial charge in [-0.05, 0) is 31.6 Å². The van der Waals surface area contributed by atoms with Crippen LogP contribution >= 0.6 is 0 Å². The van der Waals surface area contributed by atoms with E-state index in [2.05, 4.69) is 5.32 Å². The van der Waals surface area contributed by atoms with Gasteiger partial charge in [-0.25, -0.2) is 0 Å². The number of hydrogen-bond donors (Lipinski definition) is 2. The van der Waals surface area contributed by atoms with Gasteiger partial charge in [0.2, 0.25) is 5.91 Å². The van der Waals surface area contributed by atoms with Crippen LogP contribution in [0.15, 0.2) is 0 Å². The van der Waals surface area contributed by atoms with Crippen molar-refractivity contribution < 1.29 is 9.53 Å². The first-order chi connectivity index (χ1) is 8.25. The summed E-state index contributed by atoms with van der Waals surface area (Å²) in [4.78, 5) is 11.8. The van der Waals surface area contributed by atoms with E-state index in [4.69, 9.17) is 10.5 Å². The third-order valence-electron chi connectivity index (χ3n) is 3.97. The molecule has 0 bridgehead atoms. The van der Waals surface area contributed by atoms with Crippen molar-refractivity contribution in [2.75, 3.05) is 13.2 Å². The molecule has 17 heavy (non-hydrogen) atoms. The zero-order valence-corrected chi connectivity index (χ0v) is 10.5. The highest BCUT2D eigenvalue weighted by Gasteiger charge is 2.24. The van der Waals surface area contributed by atoms with E-state index >= 15 is 0 Å². The third-order valence-corrected chi connectivity index (χ3v) is 3.97. The second kappa shape index (κ2) is 6.36. The standard InChI is InChI=1S/C13H24N2O2/c14-12-6-2-1-4-10(12)8-13(16)15-9-11-5-3-7-17-11/h10-12H,1-9,14H2,(H,15,16). The predicted molar refractivity (Wildman–Crippen MR) is 66.5 cm³/mol. The Morgan fingerprint density at radius 1 is 1.24 bits per heavy atom. The van der Waals surface area contributed by atoms with Crippen molar-refractivity contribution in [2.45, 2.75) is 57.1 Å². The quantitative estimate of drug-likeness (QED) is 0.776. The van der Waals surface area contributed by atoms with Crippen molar-refractivity contribution in [3.05, 3.63) is 0 Å². The molecule has 1 heterocycles. The van der Waals surface area contributed by atoms with Gasteiger partial charge in [-0.15, -0.1) is 0 Å². The van der Waals surface area contributed by atoms with E-state index in [1.54, 1.807) is 0 Å². The molecular weight excluding hydrogens is 216 g/mol. The van der Waals surface area contributed by atoms with E-state index in [9.17, 15) is 4.79 Å². The van der Waals surface area contributed by atoms with E-state index in [0.29, 0.717) is 18.9 Å². The number of nitrogens with two attached hydrogens (primary N) is 1. The molecule has 4 heteroatoms. The summed E-state index contributed by atoms with van der Waals surface area (Å²) in [5, 5.41) is 2.97. The predicted octanol–water partition coefficient (Wildman–Crippen LogP) is 1.19. The summed E-state index contributed by atoms with van der Waals surface area (Å²) in [7, 11) is 0. The fraction of sp³-hybridized carbons (Fsp3) is 0.923. The Morgan fingerprint density at radius 2 is 2.06 bits per heavy atom. The molecule has 1 saturated heterocycles. The number of ether oxygens (including phenoxy) is 1. The number of amides is 1. The second-order valence-electron chi connectivity index (χ2n) is 5.35. The number of hydrogen-bond acceptors (Lipinski definition) is 3. The Kier molecular flexibility index (Phi) is 4.80. The zero-order chi connectivity index (χ0) is 12.1. The van der Waals surface area contributed by atoms with Crippen molar-refractivity contribution in [3.63, 3.8) is 0 Å². The topological polar surface area (TPSA) is 64.4 Å². The molecule has 1 aliphatic heterocycles. The highest BCUT2D eigenvalue weighted by atomic mass is 16.5. The lowest BCUT2D eigenvalue weighted by molar-refractivity contribution is -0.122. The van der Waals surface area contributed by atoms with Gasteiger partial charge in [-0.3, -0.25) is 4.79 Å². The Bertz CT molecular complexity index is 252. The molecule has 1 saturated carbocycles. The molecule has 98 valence electrons. The molecule has 3 atom stereocenters. The van der Waals surface area contributed by atoms with Crippen molar-refractivity contribution >= 4 is 5.91 Å². The monoisotopic (exact) mass is 240 g/mol. The molecule has 0 aromatic carbocycles. The van der Waals surface area contributed by atoms with Crippen molar-refractivity contribution in [1.82, 2.24) is 5.32 Å². The van der Waals surface area contributed by atoms with Gasteiger partial charge in [0.05, 0.1) is 6.10 Å². The molecule has 2 aliphatic rings. The molecule has 0 aromatic heterocycles. The lowest BCUT2D eigenvalue weighted by Crippen LogP contribution is -2.38. The van der Waals surface area contributed by atoms with Gasteiger partial charge in [-0.2, -0.15) is 0 Å². The second-order valence-corrected chi connectivity index (χ2v) is 5.35. The Labute approximate surface area is 103 Å². The third kappa shape index (κ3) is 3.96. The summed E-state index contributed by atoms with van der Waals surface area (Å²) >= 11 is 0. The fourth-order valence-electron chi connectivity index (χ4n) is 2.83. The van der Waals surface area contributed by atoms with Crippen LogP contribution in [0, 0.1) is 5.92 Å². The maximum absolute atomic E-state index is 11.8. The largest absolute Gasteiger partial charge is 0.376 e. The van der Waals surface area contributed by atoms with Crippen LogP contribution in [0.25, 0.3) is 0 Å². The number of rotatable bonds is 4. The number of nitrogens with one attached hydrogen (secondary N) is 1. The van der Waals surface area contributed by atoms with Crippen LogP contribution in [0.1, 0.15) is 44.9 Å². The average molecular weight is 240 g/mol. The summed E-state index contributed by atoms with van der Waals surface area (Å²) in [6.07, 6.45) is 7.63. The fourth-order valence-corrected chi connectivity index (χ4v) is 2.83. The Balaban J connectivity index is 1.65. The summed E-state index contributed by atoms with van der Waals surface area (Å²) in [6, 6.07) is 0.220. The summed E-state index contributed by atoms with van der Waals surface area (Å²) in [6.45, 7) is 1.51. The maximum atomic E-state index is 11.8. The van der Waals surface area contributed by atoms with Gasteiger partial charge in [0.15, 0.2) is 0 Å². The van der Waals surface area contributed by atoms with Crippen LogP contribution in [0.3, 0.4) is 0 Å². The minimum absolute atomic E-state index is 0.142. The average Bonchev–Trinajstić information content (AvgIpc) is 2.82. The van der Waals surface area contributed by atoms with Crippen LogP contribution in [0.4, 0.5) is 0 Å². The highest BCUT2D eigenvalue weighted by Crippen LogP contribution is 2.25. The molecule has 1 amide bonds. The maximum Gasteiger partial charge on any atom is 0.220 e. The van der Waals surface area contributed by atoms with Crippen LogP contribution < -0.4 is 11.1 Å². The Morgan fingerprint density at radius 3 is 2.76 bits per heavy atom. The summed E-state index contributed by atoms with van der Waals surface area (Å²) in [5.74, 6) is 0.524. The van der Waals surface area contributed by atoms with Gasteiger partial charge in [-0.1, -0.05) is 12.8 Å². The van der Waals surface area contributed by atoms with E-state index in [1.807, 2.05) is 0 Å². The molecule has 0 radical (unpaired) electrons. The molecule has 3 N–H and O–H groups in total. The molecule has 3 unspecified atom stereocenters. The van der Waals surface area contributed by atoms with Gasteiger partial charge in [0.25, 0.3) is 0 Å². The smallest absolute Gasteiger partial charge is 0.220 e. The van der Waals surface area contributed by atoms with E-state index in [-0.39, 0.29) is 18.1 Å². The first-order valence-corrected chi connectivity index (χ1v) is 6.89. The highest BCUT2D eigenvalue weighted by molar-refractivity contribution is 5.76. The van der Waals surface area contributed by atoms with Crippen LogP contribution in [0.2, 0.25) is 0 Å². The lowest BCUT2D eigenvalue weighted by Gasteiger charge is -2.28. The van der Waals surface area contributed by atoms with Crippen LogP contribution in [-0.4, -0.2) is 31.2 Å². The van der Waals surface area contributed by atoms with Gasteiger partial charge in [0, 0.05) is 25.6 Å². The van der Waals surface area contributed by atoms with Crippen LogP contribution in [-0.2, 0) is 9.53 Å². The molecule has 0 spiro atoms. The van der Waals surface area contributed by atoms with E-state index < -0.39 is 0 Å². The molecule has 1 aliphatic carbocycles. The van der Waals surface area contributed by atoms with Gasteiger partial charge < -0.3 is 15.8 Å². The molecule has 4 nitrogen and oxygen atoms in total. The SMILES string of the molecule is NC1CCCCC1CC(=O)NCC1CCCO1. The normalized spacial score (nSPS) is 33.6. The van der Waals surface area contributed by atoms with E-state index in [1.165, 1.54) is 12.8 Å². The van der Waals surface area contributed by atoms with Crippen molar-refractivity contribution in [2.24, 2.45) is 11.7 Å². The number of carbonyl (C=O) groups is 1.